The molecule has 0 aliphatic heterocycles. The van der Waals surface area contributed by atoms with Gasteiger partial charge in [0.15, 0.2) is 0 Å². The highest BCUT2D eigenvalue weighted by Gasteiger charge is 2.28. The van der Waals surface area contributed by atoms with Gasteiger partial charge < -0.3 is 20.5 Å². The summed E-state index contributed by atoms with van der Waals surface area (Å²) in [6.45, 7) is 7.36. The average molecular weight is 269 g/mol. The quantitative estimate of drug-likeness (QED) is 0.631. The summed E-state index contributed by atoms with van der Waals surface area (Å²) in [4.78, 5) is 11.6. The van der Waals surface area contributed by atoms with E-state index in [9.17, 15) is 4.79 Å². The summed E-state index contributed by atoms with van der Waals surface area (Å²) in [5.74, 6) is 0.137. The Bertz CT molecular complexity index is 215. The van der Waals surface area contributed by atoms with Crippen molar-refractivity contribution in [2.24, 2.45) is 11.7 Å². The zero-order chi connectivity index (χ0) is 12.6. The third kappa shape index (κ3) is 7.54. The van der Waals surface area contributed by atoms with Crippen molar-refractivity contribution in [2.75, 3.05) is 33.5 Å². The Morgan fingerprint density at radius 3 is 2.41 bits per heavy atom. The van der Waals surface area contributed by atoms with Crippen LogP contribution in [0.5, 0.6) is 0 Å². The highest BCUT2D eigenvalue weighted by molar-refractivity contribution is 5.85. The molecule has 0 aromatic carbocycles. The van der Waals surface area contributed by atoms with Gasteiger partial charge in [-0.05, 0) is 12.8 Å². The molecule has 0 spiro atoms. The summed E-state index contributed by atoms with van der Waals surface area (Å²) in [5.41, 5.74) is 5.28. The summed E-state index contributed by atoms with van der Waals surface area (Å²) in [7, 11) is 1.59. The summed E-state index contributed by atoms with van der Waals surface area (Å²) >= 11 is 0. The number of ether oxygens (including phenoxy) is 2. The molecule has 0 radical (unpaired) electrons. The second-order valence-corrected chi connectivity index (χ2v) is 4.37. The molecule has 6 heteroatoms. The van der Waals surface area contributed by atoms with E-state index in [0.29, 0.717) is 19.8 Å². The minimum Gasteiger partial charge on any atom is -0.382 e. The van der Waals surface area contributed by atoms with Crippen molar-refractivity contribution in [2.45, 2.75) is 26.3 Å². The minimum atomic E-state index is -0.373. The molecule has 104 valence electrons. The van der Waals surface area contributed by atoms with Gasteiger partial charge in [0.05, 0.1) is 18.8 Å². The molecule has 0 saturated carbocycles. The van der Waals surface area contributed by atoms with Crippen molar-refractivity contribution in [3.8, 4) is 0 Å². The van der Waals surface area contributed by atoms with Crippen molar-refractivity contribution in [1.29, 1.82) is 0 Å². The molecule has 1 amide bonds. The molecule has 0 aromatic rings. The zero-order valence-corrected chi connectivity index (χ0v) is 11.9. The van der Waals surface area contributed by atoms with Crippen LogP contribution < -0.4 is 11.1 Å². The molecule has 1 atom stereocenters. The largest absolute Gasteiger partial charge is 0.382 e. The van der Waals surface area contributed by atoms with Gasteiger partial charge in [0.1, 0.15) is 6.61 Å². The van der Waals surface area contributed by atoms with Crippen molar-refractivity contribution >= 4 is 18.3 Å². The number of hydrogen-bond donors (Lipinski definition) is 2. The van der Waals surface area contributed by atoms with Crippen LogP contribution in [0.3, 0.4) is 0 Å². The highest BCUT2D eigenvalue weighted by Crippen LogP contribution is 2.14. The molecule has 0 fully saturated rings. The van der Waals surface area contributed by atoms with Gasteiger partial charge >= 0.3 is 0 Å². The molecule has 1 unspecified atom stereocenters. The topological polar surface area (TPSA) is 73.6 Å². The van der Waals surface area contributed by atoms with Crippen molar-refractivity contribution < 1.29 is 14.3 Å². The molecular weight excluding hydrogens is 244 g/mol. The highest BCUT2D eigenvalue weighted by atomic mass is 35.5. The second-order valence-electron chi connectivity index (χ2n) is 4.37. The maximum Gasteiger partial charge on any atom is 0.246 e. The fraction of sp³-hybridized carbons (Fsp3) is 0.909. The summed E-state index contributed by atoms with van der Waals surface area (Å²) in [5, 5.41) is 2.89. The second kappa shape index (κ2) is 9.65. The lowest BCUT2D eigenvalue weighted by Gasteiger charge is -2.33. The van der Waals surface area contributed by atoms with Gasteiger partial charge in [-0.25, -0.2) is 0 Å². The van der Waals surface area contributed by atoms with E-state index in [0.717, 1.165) is 0 Å². The Balaban J connectivity index is 0. The van der Waals surface area contributed by atoms with Crippen LogP contribution in [-0.4, -0.2) is 44.9 Å². The predicted octanol–water partition coefficient (Wildman–Crippen LogP) is 0.561. The summed E-state index contributed by atoms with van der Waals surface area (Å²) < 4.78 is 9.94. The van der Waals surface area contributed by atoms with Crippen LogP contribution >= 0.6 is 12.4 Å². The van der Waals surface area contributed by atoms with Gasteiger partial charge in [-0.1, -0.05) is 13.8 Å². The number of rotatable bonds is 8. The Hall–Kier alpha value is -0.360. The third-order valence-electron chi connectivity index (χ3n) is 2.79. The van der Waals surface area contributed by atoms with Gasteiger partial charge in [0, 0.05) is 13.7 Å². The molecule has 0 heterocycles. The number of amides is 1. The Morgan fingerprint density at radius 2 is 2.00 bits per heavy atom. The van der Waals surface area contributed by atoms with Crippen LogP contribution in [0.15, 0.2) is 0 Å². The first-order valence-electron chi connectivity index (χ1n) is 5.54. The molecule has 0 bridgehead atoms. The number of nitrogens with one attached hydrogen (secondary N) is 1. The third-order valence-corrected chi connectivity index (χ3v) is 2.79. The molecule has 3 N–H and O–H groups in total. The summed E-state index contributed by atoms with van der Waals surface area (Å²) in [6, 6.07) is 0. The van der Waals surface area contributed by atoms with E-state index in [1.54, 1.807) is 7.11 Å². The molecular formula is C11H25ClN2O3. The van der Waals surface area contributed by atoms with E-state index >= 15 is 0 Å². The van der Waals surface area contributed by atoms with Crippen LogP contribution in [0.2, 0.25) is 0 Å². The van der Waals surface area contributed by atoms with E-state index < -0.39 is 0 Å². The average Bonchev–Trinajstić information content (AvgIpc) is 2.24. The smallest absolute Gasteiger partial charge is 0.246 e. The van der Waals surface area contributed by atoms with E-state index in [4.69, 9.17) is 15.2 Å². The molecule has 0 saturated heterocycles. The van der Waals surface area contributed by atoms with Crippen LogP contribution in [0.25, 0.3) is 0 Å². The maximum absolute atomic E-state index is 11.6. The van der Waals surface area contributed by atoms with E-state index in [1.165, 1.54) is 0 Å². The summed E-state index contributed by atoms with van der Waals surface area (Å²) in [6.07, 6.45) is 0. The monoisotopic (exact) mass is 268 g/mol. The minimum absolute atomic E-state index is 0. The van der Waals surface area contributed by atoms with Crippen LogP contribution in [-0.2, 0) is 14.3 Å². The Kier molecular flexibility index (Phi) is 10.8. The lowest BCUT2D eigenvalue weighted by atomic mass is 9.88. The number of carbonyl (C=O) groups is 1. The SMILES string of the molecule is COCCOCC(=O)NC(C)(CN)C(C)C.Cl. The maximum atomic E-state index is 11.6. The normalized spacial score (nSPS) is 14.0. The Labute approximate surface area is 110 Å². The van der Waals surface area contributed by atoms with Gasteiger partial charge in [0.25, 0.3) is 0 Å². The van der Waals surface area contributed by atoms with Gasteiger partial charge in [-0.3, -0.25) is 4.79 Å². The van der Waals surface area contributed by atoms with Gasteiger partial charge in [-0.15, -0.1) is 12.4 Å². The molecule has 0 aromatic heterocycles. The molecule has 0 rings (SSSR count). The van der Waals surface area contributed by atoms with E-state index in [1.807, 2.05) is 20.8 Å². The number of methoxy groups -OCH3 is 1. The molecule has 0 aliphatic carbocycles. The van der Waals surface area contributed by atoms with Crippen LogP contribution in [0.1, 0.15) is 20.8 Å². The molecule has 0 aliphatic rings. The van der Waals surface area contributed by atoms with Crippen LogP contribution in [0, 0.1) is 5.92 Å². The van der Waals surface area contributed by atoms with Gasteiger partial charge in [-0.2, -0.15) is 0 Å². The standard InChI is InChI=1S/C11H24N2O3.ClH/c1-9(2)11(3,8-12)13-10(14)7-16-6-5-15-4;/h9H,5-8,12H2,1-4H3,(H,13,14);1H. The Morgan fingerprint density at radius 1 is 1.41 bits per heavy atom. The lowest BCUT2D eigenvalue weighted by molar-refractivity contribution is -0.128. The fourth-order valence-electron chi connectivity index (χ4n) is 1.09. The molecule has 17 heavy (non-hydrogen) atoms. The van der Waals surface area contributed by atoms with Crippen LogP contribution in [0.4, 0.5) is 0 Å². The number of carbonyl (C=O) groups excluding carboxylic acids is 1. The zero-order valence-electron chi connectivity index (χ0n) is 11.1. The van der Waals surface area contributed by atoms with E-state index in [2.05, 4.69) is 5.32 Å². The van der Waals surface area contributed by atoms with E-state index in [-0.39, 0.29) is 36.4 Å². The van der Waals surface area contributed by atoms with Crippen molar-refractivity contribution in [3.63, 3.8) is 0 Å². The first kappa shape index (κ1) is 19.0. The number of halogens is 1. The first-order chi connectivity index (χ1) is 7.46. The molecule has 5 nitrogen and oxygen atoms in total. The number of hydrogen-bond acceptors (Lipinski definition) is 4. The predicted molar refractivity (Wildman–Crippen MR) is 70.4 cm³/mol. The first-order valence-corrected chi connectivity index (χ1v) is 5.54. The fourth-order valence-corrected chi connectivity index (χ4v) is 1.09. The lowest BCUT2D eigenvalue weighted by Crippen LogP contribution is -2.55. The van der Waals surface area contributed by atoms with Gasteiger partial charge in [0.2, 0.25) is 5.91 Å². The van der Waals surface area contributed by atoms with Crippen molar-refractivity contribution in [3.05, 3.63) is 0 Å². The number of nitrogens with two attached hydrogens (primary N) is 1. The van der Waals surface area contributed by atoms with Crippen molar-refractivity contribution in [1.82, 2.24) is 5.32 Å².